The number of aryl methyl sites for hydroxylation is 1. The van der Waals surface area contributed by atoms with Gasteiger partial charge in [-0.1, -0.05) is 23.7 Å². The van der Waals surface area contributed by atoms with Crippen molar-refractivity contribution in [3.63, 3.8) is 0 Å². The summed E-state index contributed by atoms with van der Waals surface area (Å²) in [4.78, 5) is 11.8. The van der Waals surface area contributed by atoms with E-state index in [4.69, 9.17) is 11.6 Å². The second-order valence-electron chi connectivity index (χ2n) is 4.18. The lowest BCUT2D eigenvalue weighted by atomic mass is 10.0. The Morgan fingerprint density at radius 1 is 1.00 bits per heavy atom. The Hall–Kier alpha value is -1.74. The van der Waals surface area contributed by atoms with E-state index in [1.54, 1.807) is 12.1 Å². The molecule has 0 bridgehead atoms. The highest BCUT2D eigenvalue weighted by Gasteiger charge is 2.09. The summed E-state index contributed by atoms with van der Waals surface area (Å²) in [5, 5.41) is 0.635. The predicted molar refractivity (Wildman–Crippen MR) is 70.5 cm³/mol. The van der Waals surface area contributed by atoms with Crippen molar-refractivity contribution in [2.24, 2.45) is 0 Å². The molecule has 2 aromatic carbocycles. The molecule has 0 aliphatic carbocycles. The normalized spacial score (nSPS) is 10.5. The molecule has 1 nitrogen and oxygen atoms in total. The lowest BCUT2D eigenvalue weighted by Crippen LogP contribution is -2.02. The standard InChI is InChI=1S/C15H11ClF2O/c16-12-5-1-10(2-6-12)3-8-15(19)11-4-7-13(17)14(18)9-11/h1-2,4-7,9H,3,8H2. The molecular formula is C15H11ClF2O. The van der Waals surface area contributed by atoms with E-state index in [0.717, 1.165) is 17.7 Å². The third-order valence-corrected chi connectivity index (χ3v) is 3.05. The molecule has 0 heterocycles. The summed E-state index contributed by atoms with van der Waals surface area (Å²) >= 11 is 5.76. The molecule has 19 heavy (non-hydrogen) atoms. The van der Waals surface area contributed by atoms with Crippen molar-refractivity contribution in [2.45, 2.75) is 12.8 Å². The van der Waals surface area contributed by atoms with Crippen LogP contribution in [0.15, 0.2) is 42.5 Å². The molecular weight excluding hydrogens is 270 g/mol. The minimum absolute atomic E-state index is 0.188. The van der Waals surface area contributed by atoms with Crippen LogP contribution in [-0.4, -0.2) is 5.78 Å². The summed E-state index contributed by atoms with van der Waals surface area (Å²) in [6, 6.07) is 10.4. The summed E-state index contributed by atoms with van der Waals surface area (Å²) < 4.78 is 25.8. The van der Waals surface area contributed by atoms with E-state index in [2.05, 4.69) is 0 Å². The van der Waals surface area contributed by atoms with Gasteiger partial charge in [-0.2, -0.15) is 0 Å². The number of halogens is 3. The van der Waals surface area contributed by atoms with Crippen LogP contribution in [0.1, 0.15) is 22.3 Å². The van der Waals surface area contributed by atoms with Crippen LogP contribution >= 0.6 is 11.6 Å². The van der Waals surface area contributed by atoms with E-state index in [-0.39, 0.29) is 17.8 Å². The van der Waals surface area contributed by atoms with Gasteiger partial charge in [0.15, 0.2) is 17.4 Å². The Balaban J connectivity index is 2.01. The van der Waals surface area contributed by atoms with Gasteiger partial charge in [0.1, 0.15) is 0 Å². The summed E-state index contributed by atoms with van der Waals surface area (Å²) in [5.41, 5.74) is 1.16. The second-order valence-corrected chi connectivity index (χ2v) is 4.61. The summed E-state index contributed by atoms with van der Waals surface area (Å²) in [7, 11) is 0. The van der Waals surface area contributed by atoms with Gasteiger partial charge in [0.2, 0.25) is 0 Å². The molecule has 0 spiro atoms. The van der Waals surface area contributed by atoms with Gasteiger partial charge in [-0.3, -0.25) is 4.79 Å². The maximum atomic E-state index is 13.0. The van der Waals surface area contributed by atoms with Crippen LogP contribution in [0.5, 0.6) is 0 Å². The molecule has 2 aromatic rings. The summed E-state index contributed by atoms with van der Waals surface area (Å²) in [6.45, 7) is 0. The van der Waals surface area contributed by atoms with Crippen LogP contribution in [0.25, 0.3) is 0 Å². The van der Waals surface area contributed by atoms with Gasteiger partial charge in [0.25, 0.3) is 0 Å². The third-order valence-electron chi connectivity index (χ3n) is 2.80. The van der Waals surface area contributed by atoms with Crippen LogP contribution in [0.3, 0.4) is 0 Å². The molecule has 0 unspecified atom stereocenters. The van der Waals surface area contributed by atoms with Crippen molar-refractivity contribution < 1.29 is 13.6 Å². The third kappa shape index (κ3) is 3.61. The average Bonchev–Trinajstić information content (AvgIpc) is 2.41. The van der Waals surface area contributed by atoms with Gasteiger partial charge in [-0.05, 0) is 42.3 Å². The molecule has 2 rings (SSSR count). The summed E-state index contributed by atoms with van der Waals surface area (Å²) in [5.74, 6) is -2.17. The first-order valence-corrected chi connectivity index (χ1v) is 6.17. The minimum atomic E-state index is -1.00. The van der Waals surface area contributed by atoms with Crippen molar-refractivity contribution >= 4 is 17.4 Å². The highest BCUT2D eigenvalue weighted by Crippen LogP contribution is 2.14. The first-order chi connectivity index (χ1) is 9.06. The zero-order valence-corrected chi connectivity index (χ0v) is 10.8. The fourth-order valence-electron chi connectivity index (χ4n) is 1.72. The zero-order chi connectivity index (χ0) is 13.8. The van der Waals surface area contributed by atoms with Crippen LogP contribution in [0.2, 0.25) is 5.02 Å². The van der Waals surface area contributed by atoms with Gasteiger partial charge >= 0.3 is 0 Å². The van der Waals surface area contributed by atoms with Crippen molar-refractivity contribution in [3.05, 3.63) is 70.2 Å². The minimum Gasteiger partial charge on any atom is -0.294 e. The van der Waals surface area contributed by atoms with Crippen molar-refractivity contribution in [1.82, 2.24) is 0 Å². The average molecular weight is 281 g/mol. The molecule has 0 radical (unpaired) electrons. The van der Waals surface area contributed by atoms with E-state index >= 15 is 0 Å². The zero-order valence-electron chi connectivity index (χ0n) is 10.00. The number of carbonyl (C=O) groups is 1. The molecule has 0 aromatic heterocycles. The van der Waals surface area contributed by atoms with Crippen molar-refractivity contribution in [3.8, 4) is 0 Å². The predicted octanol–water partition coefficient (Wildman–Crippen LogP) is 4.43. The van der Waals surface area contributed by atoms with Gasteiger partial charge in [0.05, 0.1) is 0 Å². The van der Waals surface area contributed by atoms with E-state index < -0.39 is 11.6 Å². The lowest BCUT2D eigenvalue weighted by Gasteiger charge is -2.03. The van der Waals surface area contributed by atoms with Crippen LogP contribution < -0.4 is 0 Å². The first kappa shape index (κ1) is 13.7. The molecule has 0 aliphatic rings. The fourth-order valence-corrected chi connectivity index (χ4v) is 1.85. The van der Waals surface area contributed by atoms with Gasteiger partial charge in [-0.25, -0.2) is 8.78 Å². The number of hydrogen-bond acceptors (Lipinski definition) is 1. The van der Waals surface area contributed by atoms with Gasteiger partial charge in [0, 0.05) is 17.0 Å². The topological polar surface area (TPSA) is 17.1 Å². The smallest absolute Gasteiger partial charge is 0.163 e. The van der Waals surface area contributed by atoms with Crippen LogP contribution in [0, 0.1) is 11.6 Å². The number of ketones is 1. The molecule has 0 atom stereocenters. The second kappa shape index (κ2) is 5.93. The Bertz CT molecular complexity index is 594. The molecule has 98 valence electrons. The number of benzene rings is 2. The lowest BCUT2D eigenvalue weighted by molar-refractivity contribution is 0.0982. The Kier molecular flexibility index (Phi) is 4.27. The van der Waals surface area contributed by atoms with E-state index in [9.17, 15) is 13.6 Å². The molecule has 0 saturated heterocycles. The molecule has 0 amide bonds. The van der Waals surface area contributed by atoms with E-state index in [1.165, 1.54) is 6.07 Å². The number of Topliss-reactive ketones (excluding diaryl/α,β-unsaturated/α-hetero) is 1. The fraction of sp³-hybridized carbons (Fsp3) is 0.133. The Labute approximate surface area is 114 Å². The first-order valence-electron chi connectivity index (χ1n) is 5.79. The molecule has 0 saturated carbocycles. The Morgan fingerprint density at radius 3 is 2.32 bits per heavy atom. The molecule has 4 heteroatoms. The van der Waals surface area contributed by atoms with Crippen molar-refractivity contribution in [1.29, 1.82) is 0 Å². The molecule has 0 N–H and O–H groups in total. The summed E-state index contributed by atoms with van der Waals surface area (Å²) in [6.07, 6.45) is 0.779. The maximum Gasteiger partial charge on any atom is 0.163 e. The van der Waals surface area contributed by atoms with E-state index in [0.29, 0.717) is 11.4 Å². The maximum absolute atomic E-state index is 13.0. The monoisotopic (exact) mass is 280 g/mol. The van der Waals surface area contributed by atoms with Crippen LogP contribution in [0.4, 0.5) is 8.78 Å². The van der Waals surface area contributed by atoms with E-state index in [1.807, 2.05) is 12.1 Å². The van der Waals surface area contributed by atoms with Crippen LogP contribution in [-0.2, 0) is 6.42 Å². The molecule has 0 aliphatic heterocycles. The largest absolute Gasteiger partial charge is 0.294 e. The quantitative estimate of drug-likeness (QED) is 0.757. The highest BCUT2D eigenvalue weighted by molar-refractivity contribution is 6.30. The SMILES string of the molecule is O=C(CCc1ccc(Cl)cc1)c1ccc(F)c(F)c1. The number of rotatable bonds is 4. The highest BCUT2D eigenvalue weighted by atomic mass is 35.5. The Morgan fingerprint density at radius 2 is 1.68 bits per heavy atom. The number of carbonyl (C=O) groups excluding carboxylic acids is 1. The van der Waals surface area contributed by atoms with Crippen molar-refractivity contribution in [2.75, 3.05) is 0 Å². The van der Waals surface area contributed by atoms with Gasteiger partial charge < -0.3 is 0 Å². The van der Waals surface area contributed by atoms with Gasteiger partial charge in [-0.15, -0.1) is 0 Å². The molecule has 0 fully saturated rings. The number of hydrogen-bond donors (Lipinski definition) is 0.